The molecule has 0 aromatic heterocycles. The number of hydrogen-bond donors (Lipinski definition) is 2. The van der Waals surface area contributed by atoms with Gasteiger partial charge in [0.1, 0.15) is 0 Å². The molecule has 0 heterocycles. The third-order valence-electron chi connectivity index (χ3n) is 3.02. The molecule has 0 bridgehead atoms. The lowest BCUT2D eigenvalue weighted by Crippen LogP contribution is -2.33. The van der Waals surface area contributed by atoms with E-state index in [0.29, 0.717) is 24.5 Å². The Morgan fingerprint density at radius 2 is 2.05 bits per heavy atom. The first-order valence-corrected chi connectivity index (χ1v) is 7.54. The molecule has 1 rings (SSSR count). The standard InChI is InChI=1S/C16H26N2O3/c1-4-9-18-11-12-7-8-14(15(10-12)20-6-3)21-13(5-2)16(17)19/h7-8,10,13,18H,4-6,9,11H2,1-3H3,(H2,17,19). The van der Waals surface area contributed by atoms with Crippen molar-refractivity contribution in [3.8, 4) is 11.5 Å². The van der Waals surface area contributed by atoms with E-state index in [2.05, 4.69) is 12.2 Å². The molecule has 118 valence electrons. The summed E-state index contributed by atoms with van der Waals surface area (Å²) in [6, 6.07) is 5.74. The van der Waals surface area contributed by atoms with E-state index >= 15 is 0 Å². The lowest BCUT2D eigenvalue weighted by molar-refractivity contribution is -0.124. The van der Waals surface area contributed by atoms with Crippen LogP contribution in [0.1, 0.15) is 39.2 Å². The van der Waals surface area contributed by atoms with Crippen LogP contribution in [-0.2, 0) is 11.3 Å². The van der Waals surface area contributed by atoms with E-state index in [1.165, 1.54) is 0 Å². The zero-order chi connectivity index (χ0) is 15.7. The van der Waals surface area contributed by atoms with Crippen molar-refractivity contribution in [2.24, 2.45) is 5.73 Å². The minimum atomic E-state index is -0.631. The average Bonchev–Trinajstić information content (AvgIpc) is 2.46. The molecule has 0 saturated heterocycles. The van der Waals surface area contributed by atoms with E-state index in [9.17, 15) is 4.79 Å². The second-order valence-electron chi connectivity index (χ2n) is 4.81. The van der Waals surface area contributed by atoms with Crippen molar-refractivity contribution in [3.05, 3.63) is 23.8 Å². The largest absolute Gasteiger partial charge is 0.490 e. The quantitative estimate of drug-likeness (QED) is 0.649. The smallest absolute Gasteiger partial charge is 0.258 e. The molecule has 1 amide bonds. The molecule has 0 aliphatic rings. The maximum atomic E-state index is 11.3. The average molecular weight is 294 g/mol. The van der Waals surface area contributed by atoms with Gasteiger partial charge in [0.25, 0.3) is 5.91 Å². The number of benzene rings is 1. The number of primary amides is 1. The molecule has 1 aromatic carbocycles. The van der Waals surface area contributed by atoms with Gasteiger partial charge in [0, 0.05) is 6.54 Å². The van der Waals surface area contributed by atoms with Crippen LogP contribution < -0.4 is 20.5 Å². The first kappa shape index (κ1) is 17.3. The van der Waals surface area contributed by atoms with Crippen LogP contribution in [0.3, 0.4) is 0 Å². The first-order valence-electron chi connectivity index (χ1n) is 7.54. The van der Waals surface area contributed by atoms with Crippen molar-refractivity contribution < 1.29 is 14.3 Å². The van der Waals surface area contributed by atoms with Crippen LogP contribution in [0, 0.1) is 0 Å². The Morgan fingerprint density at radius 1 is 1.29 bits per heavy atom. The summed E-state index contributed by atoms with van der Waals surface area (Å²) >= 11 is 0. The molecule has 0 radical (unpaired) electrons. The summed E-state index contributed by atoms with van der Waals surface area (Å²) in [5, 5.41) is 3.34. The van der Waals surface area contributed by atoms with Gasteiger partial charge in [0.05, 0.1) is 6.61 Å². The first-order chi connectivity index (χ1) is 10.1. The number of amides is 1. The Labute approximate surface area is 126 Å². The third-order valence-corrected chi connectivity index (χ3v) is 3.02. The van der Waals surface area contributed by atoms with Crippen molar-refractivity contribution >= 4 is 5.91 Å². The summed E-state index contributed by atoms with van der Waals surface area (Å²) < 4.78 is 11.3. The Morgan fingerprint density at radius 3 is 2.62 bits per heavy atom. The van der Waals surface area contributed by atoms with Gasteiger partial charge in [0.15, 0.2) is 17.6 Å². The highest BCUT2D eigenvalue weighted by Crippen LogP contribution is 2.29. The Bertz CT molecular complexity index is 449. The van der Waals surface area contributed by atoms with Gasteiger partial charge >= 0.3 is 0 Å². The topological polar surface area (TPSA) is 73.6 Å². The summed E-state index contributed by atoms with van der Waals surface area (Å²) in [4.78, 5) is 11.3. The lowest BCUT2D eigenvalue weighted by Gasteiger charge is -2.18. The Balaban J connectivity index is 2.85. The molecular formula is C16H26N2O3. The van der Waals surface area contributed by atoms with Gasteiger partial charge in [-0.1, -0.05) is 19.9 Å². The van der Waals surface area contributed by atoms with Crippen molar-refractivity contribution in [2.75, 3.05) is 13.2 Å². The van der Waals surface area contributed by atoms with E-state index in [1.807, 2.05) is 32.0 Å². The SMILES string of the molecule is CCCNCc1ccc(OC(CC)C(N)=O)c(OCC)c1. The molecule has 21 heavy (non-hydrogen) atoms. The number of nitrogens with one attached hydrogen (secondary N) is 1. The molecule has 3 N–H and O–H groups in total. The van der Waals surface area contributed by atoms with Crippen LogP contribution in [0.4, 0.5) is 0 Å². The number of carbonyl (C=O) groups excluding carboxylic acids is 1. The van der Waals surface area contributed by atoms with E-state index in [-0.39, 0.29) is 0 Å². The molecule has 0 fully saturated rings. The van der Waals surface area contributed by atoms with Gasteiger partial charge in [-0.25, -0.2) is 0 Å². The minimum absolute atomic E-state index is 0.464. The third kappa shape index (κ3) is 5.63. The fourth-order valence-corrected chi connectivity index (χ4v) is 1.93. The lowest BCUT2D eigenvalue weighted by atomic mass is 10.2. The second-order valence-corrected chi connectivity index (χ2v) is 4.81. The number of hydrogen-bond acceptors (Lipinski definition) is 4. The van der Waals surface area contributed by atoms with Crippen molar-refractivity contribution in [1.82, 2.24) is 5.32 Å². The number of rotatable bonds is 10. The van der Waals surface area contributed by atoms with E-state index in [4.69, 9.17) is 15.2 Å². The molecular weight excluding hydrogens is 268 g/mol. The molecule has 5 heteroatoms. The van der Waals surface area contributed by atoms with Gasteiger partial charge in [-0.3, -0.25) is 4.79 Å². The Hall–Kier alpha value is -1.75. The van der Waals surface area contributed by atoms with Gasteiger partial charge < -0.3 is 20.5 Å². The van der Waals surface area contributed by atoms with Crippen molar-refractivity contribution in [1.29, 1.82) is 0 Å². The molecule has 5 nitrogen and oxygen atoms in total. The number of nitrogens with two attached hydrogens (primary N) is 1. The van der Waals surface area contributed by atoms with Gasteiger partial charge in [0.2, 0.25) is 0 Å². The highest BCUT2D eigenvalue weighted by Gasteiger charge is 2.17. The summed E-state index contributed by atoms with van der Waals surface area (Å²) in [6.07, 6.45) is 0.991. The zero-order valence-corrected chi connectivity index (χ0v) is 13.1. The van der Waals surface area contributed by atoms with E-state index in [0.717, 1.165) is 25.1 Å². The summed E-state index contributed by atoms with van der Waals surface area (Å²) in [5.74, 6) is 0.739. The van der Waals surface area contributed by atoms with Gasteiger partial charge in [-0.2, -0.15) is 0 Å². The maximum absolute atomic E-state index is 11.3. The monoisotopic (exact) mass is 294 g/mol. The van der Waals surface area contributed by atoms with Gasteiger partial charge in [-0.15, -0.1) is 0 Å². The van der Waals surface area contributed by atoms with Crippen LogP contribution in [0.5, 0.6) is 11.5 Å². The Kier molecular flexibility index (Phi) is 7.61. The van der Waals surface area contributed by atoms with E-state index < -0.39 is 12.0 Å². The van der Waals surface area contributed by atoms with Crippen LogP contribution in [0.15, 0.2) is 18.2 Å². The highest BCUT2D eigenvalue weighted by molar-refractivity contribution is 5.79. The second kappa shape index (κ2) is 9.23. The van der Waals surface area contributed by atoms with Crippen molar-refractivity contribution in [3.63, 3.8) is 0 Å². The molecule has 0 aliphatic heterocycles. The van der Waals surface area contributed by atoms with Crippen LogP contribution in [0.25, 0.3) is 0 Å². The molecule has 1 unspecified atom stereocenters. The summed E-state index contributed by atoms with van der Waals surface area (Å²) in [6.45, 7) is 8.19. The molecule has 0 spiro atoms. The molecule has 1 atom stereocenters. The number of ether oxygens (including phenoxy) is 2. The molecule has 0 aliphatic carbocycles. The highest BCUT2D eigenvalue weighted by atomic mass is 16.5. The van der Waals surface area contributed by atoms with Crippen LogP contribution >= 0.6 is 0 Å². The predicted octanol–water partition coefficient (Wildman–Crippen LogP) is 2.23. The van der Waals surface area contributed by atoms with Gasteiger partial charge in [-0.05, 0) is 44.0 Å². The van der Waals surface area contributed by atoms with Crippen LogP contribution in [-0.4, -0.2) is 25.2 Å². The number of carbonyl (C=O) groups is 1. The normalized spacial score (nSPS) is 12.0. The molecule has 0 saturated carbocycles. The maximum Gasteiger partial charge on any atom is 0.258 e. The molecule has 1 aromatic rings. The fraction of sp³-hybridized carbons (Fsp3) is 0.562. The van der Waals surface area contributed by atoms with Crippen molar-refractivity contribution in [2.45, 2.75) is 46.3 Å². The predicted molar refractivity (Wildman–Crippen MR) is 83.5 cm³/mol. The van der Waals surface area contributed by atoms with Crippen LogP contribution in [0.2, 0.25) is 0 Å². The van der Waals surface area contributed by atoms with E-state index in [1.54, 1.807) is 0 Å². The summed E-state index contributed by atoms with van der Waals surface area (Å²) in [5.41, 5.74) is 6.43. The minimum Gasteiger partial charge on any atom is -0.490 e. The zero-order valence-electron chi connectivity index (χ0n) is 13.1. The fourth-order valence-electron chi connectivity index (χ4n) is 1.93. The summed E-state index contributed by atoms with van der Waals surface area (Å²) in [7, 11) is 0.